The Morgan fingerprint density at radius 2 is 1.68 bits per heavy atom. The average molecular weight is 295 g/mol. The van der Waals surface area contributed by atoms with E-state index < -0.39 is 0 Å². The third kappa shape index (κ3) is 2.90. The maximum absolute atomic E-state index is 5.86. The molecular weight excluding hydrogens is 278 g/mol. The first-order valence-corrected chi connectivity index (χ1v) is 6.97. The molecule has 6 heteroatoms. The number of hydrogen-bond donors (Lipinski definition) is 2. The van der Waals surface area contributed by atoms with Crippen LogP contribution in [0.1, 0.15) is 11.3 Å². The van der Waals surface area contributed by atoms with Gasteiger partial charge < -0.3 is 16.2 Å². The lowest BCUT2D eigenvalue weighted by Gasteiger charge is -2.06. The normalized spacial score (nSPS) is 10.8. The van der Waals surface area contributed by atoms with Gasteiger partial charge in [-0.2, -0.15) is 4.98 Å². The van der Waals surface area contributed by atoms with Crippen LogP contribution in [-0.4, -0.2) is 22.1 Å². The maximum atomic E-state index is 5.86. The lowest BCUT2D eigenvalue weighted by molar-refractivity contribution is 0.414. The second-order valence-corrected chi connectivity index (χ2v) is 4.99. The number of pyridine rings is 1. The van der Waals surface area contributed by atoms with Gasteiger partial charge in [-0.1, -0.05) is 12.1 Å². The molecule has 0 bridgehead atoms. The molecule has 0 aliphatic rings. The van der Waals surface area contributed by atoms with E-state index >= 15 is 0 Å². The van der Waals surface area contributed by atoms with Gasteiger partial charge in [-0.3, -0.25) is 0 Å². The molecule has 0 amide bonds. The molecule has 0 aliphatic heterocycles. The second kappa shape index (κ2) is 5.85. The second-order valence-electron chi connectivity index (χ2n) is 4.99. The fraction of sp³-hybridized carbons (Fsp3) is 0.188. The minimum absolute atomic E-state index is 0.165. The largest absolute Gasteiger partial charge is 0.497 e. The van der Waals surface area contributed by atoms with E-state index in [1.54, 1.807) is 7.11 Å². The number of ether oxygens (including phenoxy) is 1. The first-order chi connectivity index (χ1) is 10.7. The molecule has 0 radical (unpaired) electrons. The molecule has 112 valence electrons. The molecule has 0 fully saturated rings. The van der Waals surface area contributed by atoms with Gasteiger partial charge in [0.15, 0.2) is 5.82 Å². The smallest absolute Gasteiger partial charge is 0.222 e. The third-order valence-corrected chi connectivity index (χ3v) is 3.47. The van der Waals surface area contributed by atoms with E-state index in [-0.39, 0.29) is 5.95 Å². The van der Waals surface area contributed by atoms with Crippen LogP contribution < -0.4 is 16.2 Å². The van der Waals surface area contributed by atoms with Crippen LogP contribution >= 0.6 is 0 Å². The summed E-state index contributed by atoms with van der Waals surface area (Å²) in [5.41, 5.74) is 14.9. The zero-order valence-electron chi connectivity index (χ0n) is 12.3. The topological polar surface area (TPSA) is 99.9 Å². The Morgan fingerprint density at radius 3 is 2.41 bits per heavy atom. The van der Waals surface area contributed by atoms with E-state index in [1.165, 1.54) is 5.56 Å². The first-order valence-electron chi connectivity index (χ1n) is 6.97. The molecule has 0 unspecified atom stereocenters. The molecular formula is C16H17N5O. The summed E-state index contributed by atoms with van der Waals surface area (Å²) in [5, 5.41) is 0. The highest BCUT2D eigenvalue weighted by molar-refractivity contribution is 5.84. The van der Waals surface area contributed by atoms with Crippen LogP contribution in [0.15, 0.2) is 36.4 Å². The molecule has 4 N–H and O–H groups in total. The van der Waals surface area contributed by atoms with E-state index in [9.17, 15) is 0 Å². The Kier molecular flexibility index (Phi) is 3.74. The van der Waals surface area contributed by atoms with Gasteiger partial charge in [0.25, 0.3) is 0 Å². The zero-order chi connectivity index (χ0) is 15.5. The van der Waals surface area contributed by atoms with Crippen molar-refractivity contribution in [2.45, 2.75) is 12.8 Å². The monoisotopic (exact) mass is 295 g/mol. The van der Waals surface area contributed by atoms with Crippen LogP contribution in [0.2, 0.25) is 0 Å². The van der Waals surface area contributed by atoms with Gasteiger partial charge in [-0.05, 0) is 42.7 Å². The van der Waals surface area contributed by atoms with Crippen LogP contribution in [0.5, 0.6) is 5.75 Å². The summed E-state index contributed by atoms with van der Waals surface area (Å²) < 4.78 is 5.15. The summed E-state index contributed by atoms with van der Waals surface area (Å²) >= 11 is 0. The number of nitrogen functional groups attached to an aromatic ring is 2. The minimum Gasteiger partial charge on any atom is -0.497 e. The molecule has 0 saturated heterocycles. The van der Waals surface area contributed by atoms with Crippen molar-refractivity contribution in [2.75, 3.05) is 18.6 Å². The molecule has 3 rings (SSSR count). The third-order valence-electron chi connectivity index (χ3n) is 3.47. The quantitative estimate of drug-likeness (QED) is 0.763. The van der Waals surface area contributed by atoms with Crippen molar-refractivity contribution in [1.29, 1.82) is 0 Å². The number of nitrogens with two attached hydrogens (primary N) is 2. The Hall–Kier alpha value is -2.89. The van der Waals surface area contributed by atoms with Crippen molar-refractivity contribution >= 4 is 22.8 Å². The fourth-order valence-corrected chi connectivity index (χ4v) is 2.30. The number of aromatic nitrogens is 3. The average Bonchev–Trinajstić information content (AvgIpc) is 2.53. The number of nitrogens with zero attached hydrogens (tertiary/aromatic N) is 3. The summed E-state index contributed by atoms with van der Waals surface area (Å²) in [5.74, 6) is 1.33. The van der Waals surface area contributed by atoms with Crippen molar-refractivity contribution in [2.24, 2.45) is 0 Å². The van der Waals surface area contributed by atoms with Crippen molar-refractivity contribution in [3.63, 3.8) is 0 Å². The van der Waals surface area contributed by atoms with Crippen molar-refractivity contribution in [3.05, 3.63) is 47.7 Å². The lowest BCUT2D eigenvalue weighted by Crippen LogP contribution is -2.03. The predicted octanol–water partition coefficient (Wildman–Crippen LogP) is 1.98. The van der Waals surface area contributed by atoms with E-state index in [0.29, 0.717) is 16.9 Å². The highest BCUT2D eigenvalue weighted by atomic mass is 16.5. The van der Waals surface area contributed by atoms with Crippen LogP contribution in [0.25, 0.3) is 11.0 Å². The minimum atomic E-state index is 0.165. The number of methoxy groups -OCH3 is 1. The van der Waals surface area contributed by atoms with Crippen molar-refractivity contribution in [3.8, 4) is 5.75 Å². The van der Waals surface area contributed by atoms with Gasteiger partial charge in [0.1, 0.15) is 11.3 Å². The molecule has 3 aromatic rings. The van der Waals surface area contributed by atoms with Crippen LogP contribution in [0.3, 0.4) is 0 Å². The van der Waals surface area contributed by atoms with Gasteiger partial charge >= 0.3 is 0 Å². The summed E-state index contributed by atoms with van der Waals surface area (Å²) in [4.78, 5) is 12.6. The lowest BCUT2D eigenvalue weighted by atomic mass is 10.1. The standard InChI is InChI=1S/C16H17N5O/c1-22-12-7-3-10(4-8-12)2-5-11-6-9-13-14(19-11)15(17)21-16(18)20-13/h3-4,6-9H,2,5H2,1H3,(H4,17,18,20,21). The Balaban J connectivity index is 1.78. The Morgan fingerprint density at radius 1 is 0.909 bits per heavy atom. The molecule has 2 heterocycles. The molecule has 0 saturated carbocycles. The summed E-state index contributed by atoms with van der Waals surface area (Å²) in [7, 11) is 1.66. The van der Waals surface area contributed by atoms with Crippen LogP contribution in [0, 0.1) is 0 Å². The van der Waals surface area contributed by atoms with Crippen LogP contribution in [0.4, 0.5) is 11.8 Å². The number of anilines is 2. The fourth-order valence-electron chi connectivity index (χ4n) is 2.30. The predicted molar refractivity (Wildman–Crippen MR) is 86.6 cm³/mol. The summed E-state index contributed by atoms with van der Waals surface area (Å²) in [6.07, 6.45) is 1.70. The number of aryl methyl sites for hydroxylation is 2. The Labute approximate surface area is 128 Å². The molecule has 1 aromatic carbocycles. The summed E-state index contributed by atoms with van der Waals surface area (Å²) in [6, 6.07) is 11.8. The van der Waals surface area contributed by atoms with Gasteiger partial charge in [0.2, 0.25) is 5.95 Å². The molecule has 0 atom stereocenters. The Bertz CT molecular complexity index is 801. The molecule has 0 spiro atoms. The van der Waals surface area contributed by atoms with Crippen molar-refractivity contribution in [1.82, 2.24) is 15.0 Å². The maximum Gasteiger partial charge on any atom is 0.222 e. The van der Waals surface area contributed by atoms with Gasteiger partial charge in [-0.15, -0.1) is 0 Å². The molecule has 22 heavy (non-hydrogen) atoms. The van der Waals surface area contributed by atoms with Crippen molar-refractivity contribution < 1.29 is 4.74 Å². The molecule has 2 aromatic heterocycles. The first kappa shape index (κ1) is 14.1. The van der Waals surface area contributed by atoms with E-state index in [1.807, 2.05) is 24.3 Å². The highest BCUT2D eigenvalue weighted by Crippen LogP contribution is 2.18. The SMILES string of the molecule is COc1ccc(CCc2ccc3nc(N)nc(N)c3n2)cc1. The van der Waals surface area contributed by atoms with E-state index in [4.69, 9.17) is 16.2 Å². The molecule has 6 nitrogen and oxygen atoms in total. The van der Waals surface area contributed by atoms with Gasteiger partial charge in [-0.25, -0.2) is 9.97 Å². The number of rotatable bonds is 4. The van der Waals surface area contributed by atoms with Crippen LogP contribution in [-0.2, 0) is 12.8 Å². The number of fused-ring (bicyclic) bond motifs is 1. The summed E-state index contributed by atoms with van der Waals surface area (Å²) in [6.45, 7) is 0. The number of benzene rings is 1. The van der Waals surface area contributed by atoms with E-state index in [2.05, 4.69) is 27.1 Å². The van der Waals surface area contributed by atoms with Gasteiger partial charge in [0.05, 0.1) is 12.6 Å². The van der Waals surface area contributed by atoms with Gasteiger partial charge in [0, 0.05) is 5.69 Å². The zero-order valence-corrected chi connectivity index (χ0v) is 12.3. The highest BCUT2D eigenvalue weighted by Gasteiger charge is 2.06. The number of hydrogen-bond acceptors (Lipinski definition) is 6. The van der Waals surface area contributed by atoms with E-state index in [0.717, 1.165) is 24.3 Å². The molecule has 0 aliphatic carbocycles.